The zero-order valence-electron chi connectivity index (χ0n) is 17.4. The summed E-state index contributed by atoms with van der Waals surface area (Å²) in [6.45, 7) is 1.52. The molecule has 0 spiro atoms. The van der Waals surface area contributed by atoms with Crippen LogP contribution in [0.2, 0.25) is 0 Å². The molecule has 7 nitrogen and oxygen atoms in total. The standard InChI is InChI=1S/C25H23N3O4/c29-20-10-11-27-23(24(20)30)25(31)26-13-17-12-18(17)14-32-21-9-5-4-8-19(21)22(28(27)15-26)16-6-2-1-3-7-16/h1-11,17-18,22,30H,12-15H2/t17-,18-,22-/m1/s1. The average molecular weight is 429 g/mol. The van der Waals surface area contributed by atoms with E-state index in [1.165, 1.54) is 6.07 Å². The number of carbonyl (C=O) groups is 1. The van der Waals surface area contributed by atoms with Gasteiger partial charge in [0, 0.05) is 24.4 Å². The van der Waals surface area contributed by atoms with Crippen molar-refractivity contribution >= 4 is 5.91 Å². The van der Waals surface area contributed by atoms with E-state index in [0.29, 0.717) is 31.7 Å². The lowest BCUT2D eigenvalue weighted by molar-refractivity contribution is 0.0667. The molecule has 3 aliphatic rings. The van der Waals surface area contributed by atoms with E-state index >= 15 is 0 Å². The topological polar surface area (TPSA) is 75.0 Å². The highest BCUT2D eigenvalue weighted by Crippen LogP contribution is 2.43. The molecule has 162 valence electrons. The fourth-order valence-corrected chi connectivity index (χ4v) is 4.94. The summed E-state index contributed by atoms with van der Waals surface area (Å²) in [4.78, 5) is 27.3. The Morgan fingerprint density at radius 2 is 1.72 bits per heavy atom. The lowest BCUT2D eigenvalue weighted by Gasteiger charge is -2.44. The number of hydrogen-bond acceptors (Lipinski definition) is 5. The second-order valence-electron chi connectivity index (χ2n) is 8.75. The zero-order chi connectivity index (χ0) is 21.8. The summed E-state index contributed by atoms with van der Waals surface area (Å²) in [6.07, 6.45) is 2.58. The van der Waals surface area contributed by atoms with Gasteiger partial charge in [-0.1, -0.05) is 48.5 Å². The van der Waals surface area contributed by atoms with Crippen LogP contribution in [-0.4, -0.2) is 40.4 Å². The minimum Gasteiger partial charge on any atom is -0.502 e. The number of amides is 1. The number of para-hydroxylation sites is 1. The monoisotopic (exact) mass is 429 g/mol. The van der Waals surface area contributed by atoms with Crippen LogP contribution in [0.4, 0.5) is 0 Å². The van der Waals surface area contributed by atoms with E-state index in [1.807, 2.05) is 59.6 Å². The smallest absolute Gasteiger partial charge is 0.277 e. The quantitative estimate of drug-likeness (QED) is 0.644. The van der Waals surface area contributed by atoms with Crippen LogP contribution in [0.1, 0.15) is 34.1 Å². The predicted molar refractivity (Wildman–Crippen MR) is 118 cm³/mol. The van der Waals surface area contributed by atoms with Gasteiger partial charge in [-0.2, -0.15) is 0 Å². The molecule has 1 aromatic heterocycles. The van der Waals surface area contributed by atoms with Gasteiger partial charge >= 0.3 is 0 Å². The van der Waals surface area contributed by atoms with Crippen molar-refractivity contribution in [2.45, 2.75) is 12.5 Å². The molecule has 1 aliphatic carbocycles. The first-order valence-electron chi connectivity index (χ1n) is 10.9. The summed E-state index contributed by atoms with van der Waals surface area (Å²) in [7, 11) is 0. The summed E-state index contributed by atoms with van der Waals surface area (Å²) in [5, 5.41) is 12.6. The van der Waals surface area contributed by atoms with E-state index in [4.69, 9.17) is 4.74 Å². The lowest BCUT2D eigenvalue weighted by atomic mass is 9.97. The first-order valence-corrected chi connectivity index (χ1v) is 10.9. The highest BCUT2D eigenvalue weighted by Gasteiger charge is 2.44. The number of aromatic nitrogens is 1. The highest BCUT2D eigenvalue weighted by atomic mass is 16.5. The minimum absolute atomic E-state index is 0.0135. The van der Waals surface area contributed by atoms with Gasteiger partial charge in [-0.3, -0.25) is 19.3 Å². The molecule has 2 aromatic carbocycles. The number of hydrogen-bond donors (Lipinski definition) is 1. The third-order valence-electron chi connectivity index (χ3n) is 6.74. The summed E-state index contributed by atoms with van der Waals surface area (Å²) >= 11 is 0. The van der Waals surface area contributed by atoms with E-state index in [2.05, 4.69) is 0 Å². The number of fused-ring (bicyclic) bond motifs is 6. The third kappa shape index (κ3) is 2.96. The molecule has 7 heteroatoms. The van der Waals surface area contributed by atoms with Crippen LogP contribution in [0.25, 0.3) is 0 Å². The molecule has 3 atom stereocenters. The van der Waals surface area contributed by atoms with Gasteiger partial charge in [0.25, 0.3) is 5.91 Å². The van der Waals surface area contributed by atoms with Crippen LogP contribution < -0.4 is 15.2 Å². The van der Waals surface area contributed by atoms with Crippen LogP contribution in [0.5, 0.6) is 11.5 Å². The molecule has 3 aromatic rings. The summed E-state index contributed by atoms with van der Waals surface area (Å²) in [5.41, 5.74) is 1.45. The molecule has 2 aliphatic heterocycles. The van der Waals surface area contributed by atoms with Gasteiger partial charge in [-0.05, 0) is 29.9 Å². The van der Waals surface area contributed by atoms with E-state index in [-0.39, 0.29) is 17.6 Å². The maximum absolute atomic E-state index is 13.4. The number of ether oxygens (including phenoxy) is 1. The maximum Gasteiger partial charge on any atom is 0.277 e. The Bertz CT molecular complexity index is 1260. The fourth-order valence-electron chi connectivity index (χ4n) is 4.94. The summed E-state index contributed by atoms with van der Waals surface area (Å²) < 4.78 is 7.92. The summed E-state index contributed by atoms with van der Waals surface area (Å²) in [6, 6.07) is 19.0. The Balaban J connectivity index is 1.61. The highest BCUT2D eigenvalue weighted by molar-refractivity contribution is 5.96. The number of aromatic hydroxyl groups is 1. The predicted octanol–water partition coefficient (Wildman–Crippen LogP) is 2.72. The van der Waals surface area contributed by atoms with Crippen molar-refractivity contribution in [1.82, 2.24) is 9.58 Å². The Morgan fingerprint density at radius 3 is 2.56 bits per heavy atom. The normalized spacial score (nSPS) is 23.9. The average Bonchev–Trinajstić information content (AvgIpc) is 3.56. The molecule has 0 saturated heterocycles. The molecular formula is C25H23N3O4. The third-order valence-corrected chi connectivity index (χ3v) is 6.74. The van der Waals surface area contributed by atoms with Crippen molar-refractivity contribution in [2.75, 3.05) is 24.8 Å². The second kappa shape index (κ2) is 7.15. The van der Waals surface area contributed by atoms with Crippen molar-refractivity contribution in [1.29, 1.82) is 0 Å². The minimum atomic E-state index is -0.556. The molecule has 1 saturated carbocycles. The van der Waals surface area contributed by atoms with Crippen LogP contribution in [0.3, 0.4) is 0 Å². The number of nitrogens with zero attached hydrogens (tertiary/aromatic N) is 3. The Kier molecular flexibility index (Phi) is 4.24. The van der Waals surface area contributed by atoms with Crippen molar-refractivity contribution in [3.63, 3.8) is 0 Å². The summed E-state index contributed by atoms with van der Waals surface area (Å²) in [5.74, 6) is 0.730. The van der Waals surface area contributed by atoms with Crippen molar-refractivity contribution in [3.8, 4) is 11.5 Å². The van der Waals surface area contributed by atoms with Gasteiger partial charge in [0.1, 0.15) is 18.5 Å². The van der Waals surface area contributed by atoms with Gasteiger partial charge < -0.3 is 14.7 Å². The van der Waals surface area contributed by atoms with Crippen LogP contribution in [-0.2, 0) is 0 Å². The molecule has 3 heterocycles. The van der Waals surface area contributed by atoms with Crippen molar-refractivity contribution < 1.29 is 14.6 Å². The molecule has 32 heavy (non-hydrogen) atoms. The van der Waals surface area contributed by atoms with Crippen molar-refractivity contribution in [2.24, 2.45) is 11.8 Å². The molecule has 6 rings (SSSR count). The first kappa shape index (κ1) is 19.0. The number of rotatable bonds is 1. The van der Waals surface area contributed by atoms with Gasteiger partial charge in [0.05, 0.1) is 6.61 Å². The number of carbonyl (C=O) groups excluding carboxylic acids is 1. The molecule has 2 bridgehead atoms. The van der Waals surface area contributed by atoms with Gasteiger partial charge in [-0.25, -0.2) is 0 Å². The maximum atomic E-state index is 13.4. The Morgan fingerprint density at radius 1 is 0.938 bits per heavy atom. The molecular weight excluding hydrogens is 406 g/mol. The van der Waals surface area contributed by atoms with E-state index in [1.54, 1.807) is 15.8 Å². The lowest BCUT2D eigenvalue weighted by Crippen LogP contribution is -2.55. The van der Waals surface area contributed by atoms with E-state index in [9.17, 15) is 14.7 Å². The molecule has 1 fully saturated rings. The number of benzene rings is 2. The first-order chi connectivity index (χ1) is 15.6. The van der Waals surface area contributed by atoms with Gasteiger partial charge in [0.2, 0.25) is 5.43 Å². The Labute approximate surface area is 185 Å². The zero-order valence-corrected chi connectivity index (χ0v) is 17.4. The van der Waals surface area contributed by atoms with Crippen LogP contribution in [0, 0.1) is 11.8 Å². The number of pyridine rings is 1. The second-order valence-corrected chi connectivity index (χ2v) is 8.75. The molecule has 1 N–H and O–H groups in total. The fraction of sp³-hybridized carbons (Fsp3) is 0.280. The SMILES string of the molecule is O=C1c2c(O)c(=O)ccn2N2CN1C[C@H]1C[C@@H]1COc1ccccc1[C@H]2c1ccccc1. The van der Waals surface area contributed by atoms with Crippen LogP contribution >= 0.6 is 0 Å². The van der Waals surface area contributed by atoms with Gasteiger partial charge in [0.15, 0.2) is 11.4 Å². The Hall–Kier alpha value is -3.74. The van der Waals surface area contributed by atoms with E-state index in [0.717, 1.165) is 23.3 Å². The molecule has 1 amide bonds. The van der Waals surface area contributed by atoms with Crippen molar-refractivity contribution in [3.05, 3.63) is 93.9 Å². The molecule has 0 radical (unpaired) electrons. The largest absolute Gasteiger partial charge is 0.502 e. The van der Waals surface area contributed by atoms with E-state index < -0.39 is 11.2 Å². The van der Waals surface area contributed by atoms with Crippen LogP contribution in [0.15, 0.2) is 71.7 Å². The van der Waals surface area contributed by atoms with Gasteiger partial charge in [-0.15, -0.1) is 0 Å². The molecule has 0 unspecified atom stereocenters.